The number of unbranched alkanes of at least 4 members (excludes halogenated alkanes) is 9. The van der Waals surface area contributed by atoms with Gasteiger partial charge < -0.3 is 10.2 Å². The number of carbonyl (C=O) groups excluding carboxylic acids is 2. The second-order valence-electron chi connectivity index (χ2n) is 9.55. The van der Waals surface area contributed by atoms with Crippen LogP contribution >= 0.6 is 0 Å². The molecule has 2 amide bonds. The van der Waals surface area contributed by atoms with Gasteiger partial charge in [0.1, 0.15) is 12.1 Å². The van der Waals surface area contributed by atoms with Gasteiger partial charge in [-0.15, -0.1) is 0 Å². The van der Waals surface area contributed by atoms with Crippen molar-refractivity contribution < 1.29 is 9.59 Å². The lowest BCUT2D eigenvalue weighted by molar-refractivity contribution is -0.150. The van der Waals surface area contributed by atoms with Crippen LogP contribution in [-0.4, -0.2) is 35.3 Å². The largest absolute Gasteiger partial charge is 0.342 e. The maximum Gasteiger partial charge on any atom is 0.245 e. The van der Waals surface area contributed by atoms with E-state index in [1.807, 2.05) is 4.90 Å². The highest BCUT2D eigenvalue weighted by molar-refractivity contribution is 5.96. The zero-order chi connectivity index (χ0) is 20.9. The molecule has 1 N–H and O–H groups in total. The van der Waals surface area contributed by atoms with E-state index in [9.17, 15) is 9.59 Å². The highest BCUT2D eigenvalue weighted by Gasteiger charge is 2.40. The van der Waals surface area contributed by atoms with Crippen molar-refractivity contribution in [1.82, 2.24) is 10.2 Å². The Balaban J connectivity index is 2.41. The molecule has 1 rings (SSSR count). The zero-order valence-corrected chi connectivity index (χ0v) is 19.3. The van der Waals surface area contributed by atoms with Crippen molar-refractivity contribution in [2.75, 3.05) is 6.54 Å². The Morgan fingerprint density at radius 2 is 1.29 bits per heavy atom. The first-order chi connectivity index (χ1) is 13.4. The van der Waals surface area contributed by atoms with Crippen LogP contribution in [0.3, 0.4) is 0 Å². The van der Waals surface area contributed by atoms with Crippen LogP contribution in [0.15, 0.2) is 0 Å². The van der Waals surface area contributed by atoms with Crippen molar-refractivity contribution in [2.45, 2.75) is 124 Å². The van der Waals surface area contributed by atoms with Crippen molar-refractivity contribution in [3.05, 3.63) is 0 Å². The molecule has 4 nitrogen and oxygen atoms in total. The summed E-state index contributed by atoms with van der Waals surface area (Å²) in [6.45, 7) is 11.4. The Morgan fingerprint density at radius 1 is 0.786 bits per heavy atom. The van der Waals surface area contributed by atoms with E-state index in [0.717, 1.165) is 32.2 Å². The fraction of sp³-hybridized carbons (Fsp3) is 0.917. The number of nitrogens with one attached hydrogen (secondary N) is 1. The smallest absolute Gasteiger partial charge is 0.245 e. The Morgan fingerprint density at radius 3 is 1.79 bits per heavy atom. The van der Waals surface area contributed by atoms with Crippen molar-refractivity contribution in [1.29, 1.82) is 0 Å². The normalized spacial score (nSPS) is 20.3. The molecule has 0 saturated carbocycles. The third kappa shape index (κ3) is 9.43. The zero-order valence-electron chi connectivity index (χ0n) is 19.3. The fourth-order valence-corrected chi connectivity index (χ4v) is 4.17. The molecule has 1 saturated heterocycles. The molecule has 28 heavy (non-hydrogen) atoms. The summed E-state index contributed by atoms with van der Waals surface area (Å²) >= 11 is 0. The molecule has 4 heteroatoms. The number of hydrogen-bond acceptors (Lipinski definition) is 2. The van der Waals surface area contributed by atoms with Gasteiger partial charge in [-0.2, -0.15) is 0 Å². The molecule has 0 aromatic carbocycles. The van der Waals surface area contributed by atoms with Gasteiger partial charge in [-0.3, -0.25) is 9.59 Å². The number of rotatable bonds is 15. The molecule has 0 aromatic heterocycles. The molecular formula is C24H46N2O2. The topological polar surface area (TPSA) is 49.4 Å². The molecule has 0 spiro atoms. The van der Waals surface area contributed by atoms with Gasteiger partial charge in [0.15, 0.2) is 0 Å². The monoisotopic (exact) mass is 394 g/mol. The predicted octanol–water partition coefficient (Wildman–Crippen LogP) is 5.70. The number of carbonyl (C=O) groups is 2. The van der Waals surface area contributed by atoms with Gasteiger partial charge in [0.25, 0.3) is 0 Å². The number of amides is 2. The Bertz CT molecular complexity index is 448. The first-order valence-electron chi connectivity index (χ1n) is 12.0. The highest BCUT2D eigenvalue weighted by atomic mass is 16.2. The number of nitrogens with zero attached hydrogens (tertiary/aromatic N) is 1. The van der Waals surface area contributed by atoms with Crippen LogP contribution in [0.2, 0.25) is 0 Å². The van der Waals surface area contributed by atoms with Crippen LogP contribution in [0, 0.1) is 11.8 Å². The minimum absolute atomic E-state index is 0.0472. The van der Waals surface area contributed by atoms with E-state index in [2.05, 4.69) is 39.9 Å². The lowest BCUT2D eigenvalue weighted by Gasteiger charge is -2.40. The molecule has 1 aliphatic rings. The summed E-state index contributed by atoms with van der Waals surface area (Å²) in [7, 11) is 0. The third-order valence-corrected chi connectivity index (χ3v) is 5.73. The first kappa shape index (κ1) is 25.0. The summed E-state index contributed by atoms with van der Waals surface area (Å²) in [5.74, 6) is 0.983. The van der Waals surface area contributed by atoms with E-state index in [1.165, 1.54) is 51.4 Å². The van der Waals surface area contributed by atoms with Gasteiger partial charge in [-0.25, -0.2) is 0 Å². The third-order valence-electron chi connectivity index (χ3n) is 5.73. The first-order valence-corrected chi connectivity index (χ1v) is 12.0. The van der Waals surface area contributed by atoms with E-state index < -0.39 is 0 Å². The van der Waals surface area contributed by atoms with Crippen LogP contribution in [0.1, 0.15) is 112 Å². The summed E-state index contributed by atoms with van der Waals surface area (Å²) in [5.41, 5.74) is 0. The summed E-state index contributed by atoms with van der Waals surface area (Å²) < 4.78 is 0. The minimum Gasteiger partial charge on any atom is -0.342 e. The molecule has 1 aliphatic heterocycles. The van der Waals surface area contributed by atoms with Gasteiger partial charge in [-0.1, -0.05) is 92.4 Å². The summed E-state index contributed by atoms with van der Waals surface area (Å²) in [5, 5.41) is 2.99. The molecule has 0 aliphatic carbocycles. The number of piperazine rings is 1. The Hall–Kier alpha value is -1.06. The second-order valence-corrected chi connectivity index (χ2v) is 9.55. The van der Waals surface area contributed by atoms with Crippen molar-refractivity contribution in [3.63, 3.8) is 0 Å². The van der Waals surface area contributed by atoms with E-state index in [0.29, 0.717) is 11.8 Å². The molecule has 0 aromatic rings. The van der Waals surface area contributed by atoms with Gasteiger partial charge in [0.2, 0.25) is 11.8 Å². The van der Waals surface area contributed by atoms with Crippen molar-refractivity contribution >= 4 is 11.8 Å². The van der Waals surface area contributed by atoms with E-state index in [1.54, 1.807) is 0 Å². The minimum atomic E-state index is -0.334. The molecule has 0 bridgehead atoms. The van der Waals surface area contributed by atoms with Crippen molar-refractivity contribution in [2.24, 2.45) is 11.8 Å². The maximum atomic E-state index is 13.0. The molecule has 1 heterocycles. The molecule has 2 atom stereocenters. The van der Waals surface area contributed by atoms with Crippen LogP contribution in [-0.2, 0) is 9.59 Å². The van der Waals surface area contributed by atoms with Gasteiger partial charge >= 0.3 is 0 Å². The van der Waals surface area contributed by atoms with Crippen LogP contribution < -0.4 is 5.32 Å². The molecule has 0 unspecified atom stereocenters. The maximum absolute atomic E-state index is 13.0. The lowest BCUT2D eigenvalue weighted by atomic mass is 9.94. The average Bonchev–Trinajstić information content (AvgIpc) is 2.62. The van der Waals surface area contributed by atoms with Gasteiger partial charge in [0, 0.05) is 6.54 Å². The van der Waals surface area contributed by atoms with Crippen molar-refractivity contribution in [3.8, 4) is 0 Å². The summed E-state index contributed by atoms with van der Waals surface area (Å²) in [6.07, 6.45) is 14.3. The summed E-state index contributed by atoms with van der Waals surface area (Å²) in [6, 6.07) is -0.617. The van der Waals surface area contributed by atoms with Gasteiger partial charge in [-0.05, 0) is 31.1 Å². The molecule has 1 fully saturated rings. The predicted molar refractivity (Wildman–Crippen MR) is 118 cm³/mol. The standard InChI is InChI=1S/C24H46N2O2/c1-6-7-8-9-10-11-12-13-14-15-16-26-22(18-20(4)5)23(27)25-21(24(26)28)17-19(2)3/h19-22H,6-18H2,1-5H3,(H,25,27)/t21-,22-/m1/s1. The molecule has 0 radical (unpaired) electrons. The Labute approximate surface area is 174 Å². The molecule has 164 valence electrons. The SMILES string of the molecule is CCCCCCCCCCCCN1C(=O)[C@@H](CC(C)C)NC(=O)[C@H]1CC(C)C. The van der Waals surface area contributed by atoms with Crippen LogP contribution in [0.5, 0.6) is 0 Å². The lowest BCUT2D eigenvalue weighted by Crippen LogP contribution is -2.63. The average molecular weight is 395 g/mol. The van der Waals surface area contributed by atoms with E-state index in [-0.39, 0.29) is 23.9 Å². The fourth-order valence-electron chi connectivity index (χ4n) is 4.17. The molecular weight excluding hydrogens is 348 g/mol. The highest BCUT2D eigenvalue weighted by Crippen LogP contribution is 2.21. The summed E-state index contributed by atoms with van der Waals surface area (Å²) in [4.78, 5) is 27.6. The number of hydrogen-bond donors (Lipinski definition) is 1. The van der Waals surface area contributed by atoms with Gasteiger partial charge in [0.05, 0.1) is 0 Å². The second kappa shape index (κ2) is 14.0. The van der Waals surface area contributed by atoms with Crippen LogP contribution in [0.4, 0.5) is 0 Å². The van der Waals surface area contributed by atoms with E-state index in [4.69, 9.17) is 0 Å². The van der Waals surface area contributed by atoms with E-state index >= 15 is 0 Å². The van der Waals surface area contributed by atoms with Crippen LogP contribution in [0.25, 0.3) is 0 Å². The quantitative estimate of drug-likeness (QED) is 0.362. The Kier molecular flexibility index (Phi) is 12.5.